The van der Waals surface area contributed by atoms with Crippen molar-refractivity contribution in [3.05, 3.63) is 23.0 Å². The molecule has 26 heavy (non-hydrogen) atoms. The van der Waals surface area contributed by atoms with Gasteiger partial charge in [0.2, 0.25) is 5.91 Å². The fraction of sp³-hybridized carbons (Fsp3) is 0.571. The Kier molecular flexibility index (Phi) is 3.84. The predicted molar refractivity (Wildman–Crippen MR) is 103 cm³/mol. The molecule has 2 aliphatic carbocycles. The third-order valence-corrected chi connectivity index (χ3v) is 7.27. The summed E-state index contributed by atoms with van der Waals surface area (Å²) in [5, 5.41) is 1.09. The number of nitrogens with zero attached hydrogens (tertiary/aromatic N) is 2. The molecule has 1 amide bonds. The molecule has 1 spiro atoms. The van der Waals surface area contributed by atoms with Gasteiger partial charge in [-0.25, -0.2) is 0 Å². The van der Waals surface area contributed by atoms with Crippen LogP contribution in [0.1, 0.15) is 25.7 Å². The van der Waals surface area contributed by atoms with Crippen LogP contribution in [0.5, 0.6) is 0 Å². The molecule has 3 heterocycles. The van der Waals surface area contributed by atoms with Crippen molar-refractivity contribution in [2.24, 2.45) is 16.2 Å². The molecule has 138 valence electrons. The van der Waals surface area contributed by atoms with Crippen molar-refractivity contribution in [3.63, 3.8) is 0 Å². The van der Waals surface area contributed by atoms with Crippen molar-refractivity contribution >= 4 is 30.5 Å². The number of piperidine rings is 2. The molecule has 0 radical (unpaired) electrons. The van der Waals surface area contributed by atoms with Crippen LogP contribution in [0.25, 0.3) is 12.2 Å². The Balaban J connectivity index is 0.00000168. The minimum atomic E-state index is -0.480. The van der Waals surface area contributed by atoms with Crippen LogP contribution in [0.2, 0.25) is 0 Å². The lowest BCUT2D eigenvalue weighted by atomic mass is 9.83. The first-order valence-corrected chi connectivity index (χ1v) is 9.33. The van der Waals surface area contributed by atoms with Crippen molar-refractivity contribution in [3.8, 4) is 12.3 Å². The van der Waals surface area contributed by atoms with E-state index in [1.807, 2.05) is 18.0 Å². The monoisotopic (exact) mass is 372 g/mol. The van der Waals surface area contributed by atoms with E-state index in [2.05, 4.69) is 23.0 Å². The molecule has 3 fully saturated rings. The van der Waals surface area contributed by atoms with Crippen LogP contribution >= 0.6 is 12.4 Å². The van der Waals surface area contributed by atoms with Crippen LogP contribution in [0.4, 0.5) is 0 Å². The third kappa shape index (κ3) is 1.78. The average Bonchev–Trinajstić information content (AvgIpc) is 2.95. The summed E-state index contributed by atoms with van der Waals surface area (Å²) in [6.07, 6.45) is 16.8. The molecule has 4 nitrogen and oxygen atoms in total. The van der Waals surface area contributed by atoms with Gasteiger partial charge in [0.05, 0.1) is 17.1 Å². The number of rotatable bonds is 2. The van der Waals surface area contributed by atoms with Crippen molar-refractivity contribution in [1.82, 2.24) is 9.80 Å². The molecule has 1 unspecified atom stereocenters. The number of furan rings is 1. The first-order valence-electron chi connectivity index (χ1n) is 9.33. The number of hydrogen-bond acceptors (Lipinski definition) is 3. The van der Waals surface area contributed by atoms with Gasteiger partial charge in [0.1, 0.15) is 5.42 Å². The highest BCUT2D eigenvalue weighted by Gasteiger charge is 2.91. The highest BCUT2D eigenvalue weighted by atomic mass is 35.5. The fourth-order valence-electron chi connectivity index (χ4n) is 6.09. The highest BCUT2D eigenvalue weighted by Crippen LogP contribution is 2.84. The summed E-state index contributed by atoms with van der Waals surface area (Å²) in [5.41, 5.74) is -0.218. The Bertz CT molecular complexity index is 909. The lowest BCUT2D eigenvalue weighted by Gasteiger charge is -2.33. The molecule has 1 aromatic rings. The van der Waals surface area contributed by atoms with Gasteiger partial charge in [-0.2, -0.15) is 0 Å². The number of terminal acetylenes is 1. The van der Waals surface area contributed by atoms with Crippen LogP contribution in [0.15, 0.2) is 16.7 Å². The van der Waals surface area contributed by atoms with Gasteiger partial charge >= 0.3 is 0 Å². The maximum Gasteiger partial charge on any atom is 0.232 e. The normalized spacial score (nSPS) is 37.8. The minimum Gasteiger partial charge on any atom is -0.465 e. The van der Waals surface area contributed by atoms with Gasteiger partial charge in [0, 0.05) is 30.8 Å². The Labute approximate surface area is 160 Å². The number of halogens is 1. The van der Waals surface area contributed by atoms with Gasteiger partial charge < -0.3 is 14.2 Å². The summed E-state index contributed by atoms with van der Waals surface area (Å²) < 4.78 is 5.55. The Morgan fingerprint density at radius 3 is 2.81 bits per heavy atom. The van der Waals surface area contributed by atoms with Crippen molar-refractivity contribution in [1.29, 1.82) is 0 Å². The molecular weight excluding hydrogens is 348 g/mol. The Morgan fingerprint density at radius 2 is 2.08 bits per heavy atom. The van der Waals surface area contributed by atoms with E-state index in [-0.39, 0.29) is 23.7 Å². The van der Waals surface area contributed by atoms with Crippen molar-refractivity contribution in [2.45, 2.75) is 25.7 Å². The van der Waals surface area contributed by atoms with Crippen LogP contribution in [-0.4, -0.2) is 48.9 Å². The molecule has 1 saturated carbocycles. The van der Waals surface area contributed by atoms with Gasteiger partial charge in [0.25, 0.3) is 0 Å². The summed E-state index contributed by atoms with van der Waals surface area (Å²) in [6, 6.07) is 1.99. The number of amides is 1. The molecule has 0 N–H and O–H groups in total. The standard InChI is InChI=1S/C21H24N2O2.ClH/c1-3-19-14-22(2)18(24)21(19,15-23-10-5-4-6-11-23)20(19)9-7-17-16(13-20)8-12-25-17;/h1,7-8,12-13H,4-6,9-11,14-15H2,2H3;1H/t19-,20?,21-;/m1./s1. The van der Waals surface area contributed by atoms with Gasteiger partial charge in [-0.05, 0) is 44.5 Å². The fourth-order valence-corrected chi connectivity index (χ4v) is 6.09. The summed E-state index contributed by atoms with van der Waals surface area (Å²) >= 11 is 0. The zero-order chi connectivity index (χ0) is 17.3. The maximum absolute atomic E-state index is 13.4. The molecule has 3 atom stereocenters. The van der Waals surface area contributed by atoms with Crippen LogP contribution in [0.3, 0.4) is 0 Å². The van der Waals surface area contributed by atoms with Gasteiger partial charge in [-0.3, -0.25) is 4.79 Å². The predicted octanol–water partition coefficient (Wildman–Crippen LogP) is 1.23. The van der Waals surface area contributed by atoms with Gasteiger partial charge in [0.15, 0.2) is 0 Å². The van der Waals surface area contributed by atoms with Crippen molar-refractivity contribution in [2.75, 3.05) is 33.2 Å². The van der Waals surface area contributed by atoms with E-state index in [4.69, 9.17) is 10.8 Å². The van der Waals surface area contributed by atoms with Crippen LogP contribution in [-0.2, 0) is 4.79 Å². The van der Waals surface area contributed by atoms with E-state index in [1.165, 1.54) is 19.3 Å². The van der Waals surface area contributed by atoms with Gasteiger partial charge in [-0.1, -0.05) is 18.4 Å². The molecule has 5 rings (SSSR count). The summed E-state index contributed by atoms with van der Waals surface area (Å²) in [4.78, 5) is 17.7. The zero-order valence-corrected chi connectivity index (χ0v) is 16.0. The van der Waals surface area contributed by atoms with E-state index < -0.39 is 10.8 Å². The SMILES string of the molecule is C#C[C@]12CN(C)C(=O)[C@@]1(CN1CCCCC1)C21C=c2ccoc2=CC1.Cl. The molecule has 0 bridgehead atoms. The lowest BCUT2D eigenvalue weighted by Crippen LogP contribution is -2.44. The highest BCUT2D eigenvalue weighted by molar-refractivity contribution is 5.97. The molecule has 5 heteroatoms. The molecule has 4 aliphatic rings. The summed E-state index contributed by atoms with van der Waals surface area (Å²) in [6.45, 7) is 3.61. The Morgan fingerprint density at radius 1 is 1.31 bits per heavy atom. The van der Waals surface area contributed by atoms with E-state index in [0.717, 1.165) is 36.7 Å². The summed E-state index contributed by atoms with van der Waals surface area (Å²) in [5.74, 6) is 3.35. The first-order chi connectivity index (χ1) is 12.1. The van der Waals surface area contributed by atoms with E-state index in [0.29, 0.717) is 6.54 Å². The number of carbonyl (C=O) groups is 1. The van der Waals surface area contributed by atoms with E-state index in [1.54, 1.807) is 6.26 Å². The zero-order valence-electron chi connectivity index (χ0n) is 15.2. The second-order valence-corrected chi connectivity index (χ2v) is 8.22. The molecule has 1 aromatic heterocycles. The maximum atomic E-state index is 13.4. The lowest BCUT2D eigenvalue weighted by molar-refractivity contribution is -0.134. The van der Waals surface area contributed by atoms with Gasteiger partial charge in [-0.15, -0.1) is 18.8 Å². The molecule has 2 aliphatic heterocycles. The topological polar surface area (TPSA) is 36.7 Å². The average molecular weight is 373 g/mol. The van der Waals surface area contributed by atoms with E-state index >= 15 is 0 Å². The quantitative estimate of drug-likeness (QED) is 0.733. The first kappa shape index (κ1) is 17.7. The number of hydrogen-bond donors (Lipinski definition) is 0. The number of likely N-dealkylation sites (tertiary alicyclic amines) is 2. The summed E-state index contributed by atoms with van der Waals surface area (Å²) in [7, 11) is 1.90. The van der Waals surface area contributed by atoms with Crippen LogP contribution in [0, 0.1) is 28.6 Å². The third-order valence-electron chi connectivity index (χ3n) is 7.27. The minimum absolute atomic E-state index is 0. The largest absolute Gasteiger partial charge is 0.465 e. The second kappa shape index (κ2) is 5.65. The molecular formula is C21H25ClN2O2. The second-order valence-electron chi connectivity index (χ2n) is 8.22. The number of fused-ring (bicyclic) bond motifs is 4. The molecule has 0 aromatic carbocycles. The molecule has 2 saturated heterocycles. The number of carbonyl (C=O) groups excluding carboxylic acids is 1. The van der Waals surface area contributed by atoms with Crippen molar-refractivity contribution < 1.29 is 9.21 Å². The van der Waals surface area contributed by atoms with E-state index in [9.17, 15) is 4.79 Å². The smallest absolute Gasteiger partial charge is 0.232 e. The van der Waals surface area contributed by atoms with Crippen LogP contribution < -0.4 is 10.6 Å². The Hall–Kier alpha value is -1.70.